The van der Waals surface area contributed by atoms with Crippen molar-refractivity contribution in [2.45, 2.75) is 50.6 Å². The monoisotopic (exact) mass is 517 g/mol. The Bertz CT molecular complexity index is 1330. The molecule has 0 spiro atoms. The van der Waals surface area contributed by atoms with Crippen LogP contribution in [0.4, 0.5) is 5.69 Å². The molecule has 1 aromatic heterocycles. The maximum absolute atomic E-state index is 12.6. The lowest BCUT2D eigenvalue weighted by Gasteiger charge is -2.30. The molecule has 192 valence electrons. The summed E-state index contributed by atoms with van der Waals surface area (Å²) in [5, 5.41) is 34.0. The number of fused-ring (bicyclic) bond motifs is 1. The Morgan fingerprint density at radius 2 is 1.86 bits per heavy atom. The summed E-state index contributed by atoms with van der Waals surface area (Å²) in [7, 11) is 0. The molecule has 2 fully saturated rings. The molecule has 8 heteroatoms. The van der Waals surface area contributed by atoms with Gasteiger partial charge in [0.15, 0.2) is 6.29 Å². The molecule has 0 bridgehead atoms. The van der Waals surface area contributed by atoms with Gasteiger partial charge in [-0.15, -0.1) is 11.3 Å². The van der Waals surface area contributed by atoms with Crippen LogP contribution in [0.5, 0.6) is 0 Å². The molecule has 3 N–H and O–H groups in total. The number of piperidine rings is 1. The quantitative estimate of drug-likeness (QED) is 0.330. The number of thiophene rings is 1. The molecule has 2 aliphatic rings. The van der Waals surface area contributed by atoms with Gasteiger partial charge in [-0.25, -0.2) is 0 Å². The Hall–Kier alpha value is -3.22. The fourth-order valence-electron chi connectivity index (χ4n) is 5.01. The summed E-state index contributed by atoms with van der Waals surface area (Å²) in [6.45, 7) is 2.36. The molecule has 0 aliphatic carbocycles. The highest BCUT2D eigenvalue weighted by atomic mass is 32.1. The van der Waals surface area contributed by atoms with E-state index in [9.17, 15) is 20.3 Å². The second-order valence-electron chi connectivity index (χ2n) is 9.71. The minimum atomic E-state index is -1.05. The van der Waals surface area contributed by atoms with Crippen molar-refractivity contribution in [3.05, 3.63) is 59.0 Å². The van der Waals surface area contributed by atoms with Gasteiger partial charge < -0.3 is 25.2 Å². The summed E-state index contributed by atoms with van der Waals surface area (Å²) in [6.07, 6.45) is 3.67. The topological polar surface area (TPSA) is 106 Å². The SMILES string of the molecule is N#C/C(=C\c1ccc(-c2ccc3cc(N4CCCCC4)ccc3c2)s1)C(=O)NC[C@@H]1CC(O)CC(O)O1. The van der Waals surface area contributed by atoms with Crippen LogP contribution in [0.15, 0.2) is 54.1 Å². The molecule has 2 aliphatic heterocycles. The van der Waals surface area contributed by atoms with Gasteiger partial charge in [0.05, 0.1) is 12.2 Å². The van der Waals surface area contributed by atoms with Crippen LogP contribution in [-0.4, -0.2) is 54.3 Å². The third-order valence-corrected chi connectivity index (χ3v) is 8.04. The van der Waals surface area contributed by atoms with Crippen molar-refractivity contribution in [1.82, 2.24) is 5.32 Å². The van der Waals surface area contributed by atoms with Crippen molar-refractivity contribution in [2.75, 3.05) is 24.5 Å². The molecule has 1 amide bonds. The number of ether oxygens (including phenoxy) is 1. The van der Waals surface area contributed by atoms with E-state index in [4.69, 9.17) is 4.74 Å². The first-order valence-electron chi connectivity index (χ1n) is 12.8. The number of rotatable bonds is 6. The van der Waals surface area contributed by atoms with Crippen molar-refractivity contribution >= 4 is 39.8 Å². The zero-order chi connectivity index (χ0) is 25.8. The van der Waals surface area contributed by atoms with Gasteiger partial charge in [-0.05, 0) is 72.0 Å². The molecule has 0 saturated carbocycles. The summed E-state index contributed by atoms with van der Waals surface area (Å²) in [5.74, 6) is -0.509. The van der Waals surface area contributed by atoms with E-state index in [1.165, 1.54) is 47.1 Å². The van der Waals surface area contributed by atoms with Crippen LogP contribution in [0.2, 0.25) is 0 Å². The molecule has 2 saturated heterocycles. The predicted molar refractivity (Wildman–Crippen MR) is 146 cm³/mol. The van der Waals surface area contributed by atoms with Gasteiger partial charge in [0, 0.05) is 47.9 Å². The number of nitriles is 1. The van der Waals surface area contributed by atoms with Crippen LogP contribution in [0.1, 0.15) is 37.0 Å². The maximum Gasteiger partial charge on any atom is 0.262 e. The third kappa shape index (κ3) is 6.20. The molecule has 5 rings (SSSR count). The molecule has 7 nitrogen and oxygen atoms in total. The van der Waals surface area contributed by atoms with E-state index in [1.54, 1.807) is 6.08 Å². The molecule has 37 heavy (non-hydrogen) atoms. The number of amides is 1. The number of carbonyl (C=O) groups is 1. The first-order chi connectivity index (χ1) is 18.0. The highest BCUT2D eigenvalue weighted by molar-refractivity contribution is 7.16. The Kier molecular flexibility index (Phi) is 7.87. The zero-order valence-electron chi connectivity index (χ0n) is 20.6. The average Bonchev–Trinajstić information content (AvgIpc) is 3.38. The Morgan fingerprint density at radius 3 is 2.65 bits per heavy atom. The van der Waals surface area contributed by atoms with Crippen molar-refractivity contribution in [3.63, 3.8) is 0 Å². The zero-order valence-corrected chi connectivity index (χ0v) is 21.4. The van der Waals surface area contributed by atoms with Gasteiger partial charge in [0.1, 0.15) is 11.6 Å². The van der Waals surface area contributed by atoms with Crippen LogP contribution in [0.3, 0.4) is 0 Å². The lowest BCUT2D eigenvalue weighted by atomic mass is 10.0. The average molecular weight is 518 g/mol. The van der Waals surface area contributed by atoms with Gasteiger partial charge in [-0.2, -0.15) is 5.26 Å². The largest absolute Gasteiger partial charge is 0.393 e. The number of nitrogens with one attached hydrogen (secondary N) is 1. The Balaban J connectivity index is 1.26. The van der Waals surface area contributed by atoms with E-state index in [2.05, 4.69) is 46.6 Å². The molecule has 3 aromatic rings. The van der Waals surface area contributed by atoms with Gasteiger partial charge in [-0.1, -0.05) is 18.2 Å². The fraction of sp³-hybridized carbons (Fsp3) is 0.379. The van der Waals surface area contributed by atoms with Crippen molar-refractivity contribution < 1.29 is 19.7 Å². The number of benzene rings is 2. The van der Waals surface area contributed by atoms with E-state index >= 15 is 0 Å². The summed E-state index contributed by atoms with van der Waals surface area (Å²) >= 11 is 1.52. The molecular formula is C29H31N3O4S. The second-order valence-corrected chi connectivity index (χ2v) is 10.8. The molecule has 3 heterocycles. The van der Waals surface area contributed by atoms with E-state index in [0.717, 1.165) is 28.4 Å². The number of anilines is 1. The summed E-state index contributed by atoms with van der Waals surface area (Å²) < 4.78 is 5.34. The number of nitrogens with zero attached hydrogens (tertiary/aromatic N) is 2. The number of hydrogen-bond acceptors (Lipinski definition) is 7. The Labute approximate surface area is 220 Å². The predicted octanol–water partition coefficient (Wildman–Crippen LogP) is 4.44. The maximum atomic E-state index is 12.6. The molecule has 0 radical (unpaired) electrons. The van der Waals surface area contributed by atoms with E-state index in [1.807, 2.05) is 18.2 Å². The van der Waals surface area contributed by atoms with Gasteiger partial charge in [0.25, 0.3) is 5.91 Å². The van der Waals surface area contributed by atoms with Crippen LogP contribution in [-0.2, 0) is 9.53 Å². The smallest absolute Gasteiger partial charge is 0.262 e. The van der Waals surface area contributed by atoms with Gasteiger partial charge in [-0.3, -0.25) is 4.79 Å². The first-order valence-corrected chi connectivity index (χ1v) is 13.6. The van der Waals surface area contributed by atoms with Crippen LogP contribution in [0.25, 0.3) is 27.3 Å². The van der Waals surface area contributed by atoms with Crippen molar-refractivity contribution in [1.29, 1.82) is 5.26 Å². The minimum Gasteiger partial charge on any atom is -0.393 e. The number of hydrogen-bond donors (Lipinski definition) is 3. The first kappa shape index (κ1) is 25.4. The van der Waals surface area contributed by atoms with Crippen molar-refractivity contribution in [3.8, 4) is 16.5 Å². The minimum absolute atomic E-state index is 0.00550. The highest BCUT2D eigenvalue weighted by Crippen LogP contribution is 2.33. The van der Waals surface area contributed by atoms with Crippen LogP contribution in [0, 0.1) is 11.3 Å². The summed E-state index contributed by atoms with van der Waals surface area (Å²) in [6, 6.07) is 19.0. The lowest BCUT2D eigenvalue weighted by Crippen LogP contribution is -2.42. The number of aliphatic hydroxyl groups is 2. The van der Waals surface area contributed by atoms with Crippen LogP contribution >= 0.6 is 11.3 Å². The molecule has 2 unspecified atom stereocenters. The Morgan fingerprint density at radius 1 is 1.08 bits per heavy atom. The van der Waals surface area contributed by atoms with Crippen LogP contribution < -0.4 is 10.2 Å². The van der Waals surface area contributed by atoms with E-state index < -0.39 is 24.4 Å². The van der Waals surface area contributed by atoms with Crippen molar-refractivity contribution in [2.24, 2.45) is 0 Å². The van der Waals surface area contributed by atoms with E-state index in [-0.39, 0.29) is 18.5 Å². The fourth-order valence-corrected chi connectivity index (χ4v) is 5.96. The highest BCUT2D eigenvalue weighted by Gasteiger charge is 2.27. The van der Waals surface area contributed by atoms with Gasteiger partial charge in [0.2, 0.25) is 0 Å². The van der Waals surface area contributed by atoms with Gasteiger partial charge >= 0.3 is 0 Å². The standard InChI is InChI=1S/C29H31N3O4S/c30-17-22(29(35)31-18-25-15-24(33)16-28(34)36-25)14-26-8-9-27(37-26)21-5-4-20-13-23(7-6-19(20)12-21)32-10-2-1-3-11-32/h4-9,12-14,24-25,28,33-34H,1-3,10-11,15-16,18H2,(H,31,35)/b22-14+/t24?,25-,28?/m0/s1. The van der Waals surface area contributed by atoms with E-state index in [0.29, 0.717) is 6.42 Å². The summed E-state index contributed by atoms with van der Waals surface area (Å²) in [4.78, 5) is 16.9. The lowest BCUT2D eigenvalue weighted by molar-refractivity contribution is -0.187. The normalized spacial score (nSPS) is 22.6. The third-order valence-electron chi connectivity index (χ3n) is 6.96. The number of carbonyl (C=O) groups excluding carboxylic acids is 1. The molecule has 2 aromatic carbocycles. The molecule has 3 atom stereocenters. The number of aliphatic hydroxyl groups excluding tert-OH is 2. The second kappa shape index (κ2) is 11.4. The summed E-state index contributed by atoms with van der Waals surface area (Å²) in [5.41, 5.74) is 2.37. The molecular weight excluding hydrogens is 486 g/mol.